The summed E-state index contributed by atoms with van der Waals surface area (Å²) in [6.45, 7) is 0.479. The number of esters is 2. The Morgan fingerprint density at radius 2 is 1.71 bits per heavy atom. The molecule has 31 heavy (non-hydrogen) atoms. The monoisotopic (exact) mass is 571 g/mol. The number of non-ortho nitro benzene ring substituents is 1. The summed E-state index contributed by atoms with van der Waals surface area (Å²) < 4.78 is 67.8. The number of hydrogen-bond donors (Lipinski definition) is 1. The van der Waals surface area contributed by atoms with E-state index in [9.17, 15) is 36.9 Å². The Bertz CT molecular complexity index is 1140. The Labute approximate surface area is 187 Å². The van der Waals surface area contributed by atoms with Crippen LogP contribution in [0.15, 0.2) is 42.5 Å². The van der Waals surface area contributed by atoms with Crippen molar-refractivity contribution in [3.05, 3.63) is 67.3 Å². The molecule has 2 aromatic carbocycles. The molecule has 0 spiro atoms. The first-order valence-corrected chi connectivity index (χ1v) is 10.6. The quantitative estimate of drug-likeness (QED) is 0.132. The minimum Gasteiger partial charge on any atom is -0.451 e. The Balaban J connectivity index is 2.40. The van der Waals surface area contributed by atoms with Crippen molar-refractivity contribution in [3.8, 4) is 5.75 Å². The highest BCUT2D eigenvalue weighted by molar-refractivity contribution is 14.1. The summed E-state index contributed by atoms with van der Waals surface area (Å²) in [5, 5.41) is 6.13. The molecule has 14 heteroatoms. The number of nitro benzene ring substituents is 1. The first-order chi connectivity index (χ1) is 14.2. The molecule has 0 bridgehead atoms. The van der Waals surface area contributed by atoms with E-state index in [2.05, 4.69) is 4.74 Å². The van der Waals surface area contributed by atoms with Crippen molar-refractivity contribution in [2.75, 3.05) is 0 Å². The van der Waals surface area contributed by atoms with E-state index in [0.717, 1.165) is 15.7 Å². The molecule has 0 fully saturated rings. The number of benzene rings is 2. The predicted octanol–water partition coefficient (Wildman–Crippen LogP) is 3.44. The van der Waals surface area contributed by atoms with Crippen LogP contribution in [-0.4, -0.2) is 41.2 Å². The van der Waals surface area contributed by atoms with Crippen LogP contribution in [0.1, 0.15) is 27.6 Å². The number of halogens is 3. The molecule has 1 unspecified atom stereocenters. The zero-order valence-corrected chi connectivity index (χ0v) is 18.3. The van der Waals surface area contributed by atoms with Gasteiger partial charge in [0.2, 0.25) is 0 Å². The van der Waals surface area contributed by atoms with E-state index >= 15 is 0 Å². The maximum absolute atomic E-state index is 13.7. The van der Waals surface area contributed by atoms with Gasteiger partial charge < -0.3 is 9.47 Å². The van der Waals surface area contributed by atoms with Crippen LogP contribution in [0.4, 0.5) is 14.5 Å². The van der Waals surface area contributed by atoms with Gasteiger partial charge in [-0.05, 0) is 59.8 Å². The molecule has 0 aromatic heterocycles. The second-order valence-corrected chi connectivity index (χ2v) is 8.65. The van der Waals surface area contributed by atoms with Crippen molar-refractivity contribution >= 4 is 50.3 Å². The van der Waals surface area contributed by atoms with Crippen molar-refractivity contribution < 1.29 is 45.7 Å². The maximum atomic E-state index is 13.7. The fraction of sp³-hybridized carbons (Fsp3) is 0.176. The second-order valence-electron chi connectivity index (χ2n) is 5.91. The summed E-state index contributed by atoms with van der Waals surface area (Å²) >= 11 is 2.00. The molecule has 1 N–H and O–H groups in total. The van der Waals surface area contributed by atoms with Crippen molar-refractivity contribution in [3.63, 3.8) is 0 Å². The van der Waals surface area contributed by atoms with Crippen LogP contribution in [0, 0.1) is 13.7 Å². The Morgan fingerprint density at radius 3 is 2.23 bits per heavy atom. The topological polar surface area (TPSA) is 150 Å². The molecule has 0 amide bonds. The summed E-state index contributed by atoms with van der Waals surface area (Å²) in [6.07, 6.45) is -2.69. The van der Waals surface area contributed by atoms with E-state index in [0.29, 0.717) is 13.0 Å². The lowest BCUT2D eigenvalue weighted by Gasteiger charge is -2.21. The van der Waals surface area contributed by atoms with E-state index in [4.69, 9.17) is 9.29 Å². The average Bonchev–Trinajstić information content (AvgIpc) is 2.68. The highest BCUT2D eigenvalue weighted by atomic mass is 127. The van der Waals surface area contributed by atoms with Crippen LogP contribution in [-0.2, 0) is 14.9 Å². The minimum atomic E-state index is -5.93. The fourth-order valence-electron chi connectivity index (χ4n) is 2.16. The third-order valence-corrected chi connectivity index (χ3v) is 5.52. The van der Waals surface area contributed by atoms with Crippen LogP contribution in [0.25, 0.3) is 0 Å². The van der Waals surface area contributed by atoms with Gasteiger partial charge in [0.05, 0.1) is 16.1 Å². The van der Waals surface area contributed by atoms with E-state index in [-0.39, 0.29) is 5.75 Å². The molecule has 10 nitrogen and oxygen atoms in total. The van der Waals surface area contributed by atoms with Gasteiger partial charge in [0.25, 0.3) is 5.69 Å². The van der Waals surface area contributed by atoms with Crippen LogP contribution < -0.4 is 4.74 Å². The first-order valence-electron chi connectivity index (χ1n) is 8.06. The standard InChI is InChI=1S/C17H12F2INO9S/c1-9(17(18,19)31(26,27)28)29-16(23)14-8-11(21(24)25)4-7-13(14)15(22)30-12-5-2-10(20)3-6-12/h2-9H,1H3,(H,26,27,28). The molecule has 166 valence electrons. The highest BCUT2D eigenvalue weighted by Crippen LogP contribution is 2.29. The highest BCUT2D eigenvalue weighted by Gasteiger charge is 2.52. The molecule has 0 saturated heterocycles. The molecule has 0 aliphatic carbocycles. The number of carbonyl (C=O) groups is 2. The molecular weight excluding hydrogens is 559 g/mol. The number of nitro groups is 1. The largest absolute Gasteiger partial charge is 0.451 e. The van der Waals surface area contributed by atoms with Gasteiger partial charge in [-0.15, -0.1) is 0 Å². The van der Waals surface area contributed by atoms with Crippen LogP contribution in [0.3, 0.4) is 0 Å². The molecule has 0 heterocycles. The van der Waals surface area contributed by atoms with Crippen molar-refractivity contribution in [1.29, 1.82) is 0 Å². The summed E-state index contributed by atoms with van der Waals surface area (Å²) in [7, 11) is -5.93. The maximum Gasteiger partial charge on any atom is 0.405 e. The van der Waals surface area contributed by atoms with Gasteiger partial charge >= 0.3 is 27.3 Å². The molecule has 0 saturated carbocycles. The van der Waals surface area contributed by atoms with Gasteiger partial charge in [-0.3, -0.25) is 14.7 Å². The van der Waals surface area contributed by atoms with Gasteiger partial charge in [0.15, 0.2) is 6.10 Å². The Morgan fingerprint density at radius 1 is 1.13 bits per heavy atom. The molecule has 0 radical (unpaired) electrons. The van der Waals surface area contributed by atoms with Gasteiger partial charge in [-0.2, -0.15) is 17.2 Å². The van der Waals surface area contributed by atoms with Gasteiger partial charge in [-0.1, -0.05) is 0 Å². The molecular formula is C17H12F2INO9S. The third kappa shape index (κ3) is 5.71. The number of hydrogen-bond acceptors (Lipinski definition) is 8. The van der Waals surface area contributed by atoms with Crippen molar-refractivity contribution in [1.82, 2.24) is 0 Å². The summed E-state index contributed by atoms with van der Waals surface area (Å²) in [6, 6.07) is 8.38. The third-order valence-electron chi connectivity index (χ3n) is 3.78. The van der Waals surface area contributed by atoms with Gasteiger partial charge in [0, 0.05) is 15.7 Å². The minimum absolute atomic E-state index is 0.0642. The van der Waals surface area contributed by atoms with E-state index in [1.165, 1.54) is 12.1 Å². The van der Waals surface area contributed by atoms with E-state index in [1.807, 2.05) is 22.6 Å². The fourth-order valence-corrected chi connectivity index (χ4v) is 2.99. The molecule has 0 aliphatic heterocycles. The average molecular weight is 571 g/mol. The molecule has 1 atom stereocenters. The van der Waals surface area contributed by atoms with Gasteiger partial charge in [-0.25, -0.2) is 9.59 Å². The number of carbonyl (C=O) groups excluding carboxylic acids is 2. The van der Waals surface area contributed by atoms with E-state index in [1.54, 1.807) is 12.1 Å². The lowest BCUT2D eigenvalue weighted by molar-refractivity contribution is -0.384. The van der Waals surface area contributed by atoms with Gasteiger partial charge in [0.1, 0.15) is 5.75 Å². The normalized spacial score (nSPS) is 12.7. The lowest BCUT2D eigenvalue weighted by atomic mass is 10.1. The van der Waals surface area contributed by atoms with Crippen molar-refractivity contribution in [2.45, 2.75) is 18.3 Å². The zero-order valence-electron chi connectivity index (χ0n) is 15.3. The Kier molecular flexibility index (Phi) is 7.28. The smallest absolute Gasteiger partial charge is 0.405 e. The Hall–Kier alpha value is -2.72. The van der Waals surface area contributed by atoms with Crippen LogP contribution in [0.5, 0.6) is 5.75 Å². The number of nitrogens with zero attached hydrogens (tertiary/aromatic N) is 1. The van der Waals surface area contributed by atoms with Crippen LogP contribution >= 0.6 is 22.6 Å². The van der Waals surface area contributed by atoms with Crippen molar-refractivity contribution in [2.24, 2.45) is 0 Å². The summed E-state index contributed by atoms with van der Waals surface area (Å²) in [4.78, 5) is 34.9. The summed E-state index contributed by atoms with van der Waals surface area (Å²) in [5.74, 6) is -2.76. The zero-order chi connectivity index (χ0) is 23.6. The number of ether oxygens (including phenoxy) is 2. The molecule has 0 aliphatic rings. The predicted molar refractivity (Wildman–Crippen MR) is 109 cm³/mol. The number of rotatable bonds is 7. The SMILES string of the molecule is CC(OC(=O)c1cc([N+](=O)[O-])ccc1C(=O)Oc1ccc(I)cc1)C(F)(F)S(=O)(=O)O. The molecule has 2 rings (SSSR count). The van der Waals surface area contributed by atoms with E-state index < -0.39 is 55.2 Å². The second kappa shape index (κ2) is 9.19. The van der Waals surface area contributed by atoms with Crippen LogP contribution in [0.2, 0.25) is 0 Å². The molecule has 2 aromatic rings. The first kappa shape index (κ1) is 24.5. The summed E-state index contributed by atoms with van der Waals surface area (Å²) in [5.41, 5.74) is -2.05. The number of alkyl halides is 2. The lowest BCUT2D eigenvalue weighted by Crippen LogP contribution is -2.42.